The first-order valence-electron chi connectivity index (χ1n) is 6.68. The van der Waals surface area contributed by atoms with Crippen molar-refractivity contribution in [3.8, 4) is 5.75 Å². The van der Waals surface area contributed by atoms with Gasteiger partial charge in [-0.2, -0.15) is 0 Å². The fourth-order valence-corrected chi connectivity index (χ4v) is 1.67. The van der Waals surface area contributed by atoms with E-state index in [1.54, 1.807) is 19.2 Å². The van der Waals surface area contributed by atoms with E-state index in [9.17, 15) is 13.2 Å². The zero-order valence-electron chi connectivity index (χ0n) is 12.2. The van der Waals surface area contributed by atoms with E-state index in [2.05, 4.69) is 15.4 Å². The molecule has 0 aliphatic rings. The quantitative estimate of drug-likeness (QED) is 0.687. The van der Waals surface area contributed by atoms with E-state index in [0.717, 1.165) is 18.7 Å². The Morgan fingerprint density at radius 2 is 1.86 bits per heavy atom. The molecule has 1 aromatic carbocycles. The van der Waals surface area contributed by atoms with Crippen LogP contribution in [-0.4, -0.2) is 39.2 Å². The normalized spacial score (nSPS) is 13.2. The highest BCUT2D eigenvalue weighted by Gasteiger charge is 2.30. The molecule has 1 atom stereocenters. The smallest absolute Gasteiger partial charge is 0.406 e. The molecule has 7 heteroatoms. The minimum atomic E-state index is -4.65. The van der Waals surface area contributed by atoms with Crippen molar-refractivity contribution < 1.29 is 22.6 Å². The molecular weight excluding hydrogens is 285 g/mol. The highest BCUT2D eigenvalue weighted by Crippen LogP contribution is 2.22. The molecule has 0 bridgehead atoms. The molecule has 21 heavy (non-hydrogen) atoms. The lowest BCUT2D eigenvalue weighted by atomic mass is 10.2. The molecule has 0 amide bonds. The summed E-state index contributed by atoms with van der Waals surface area (Å²) >= 11 is 0. The van der Waals surface area contributed by atoms with Crippen LogP contribution in [-0.2, 0) is 11.3 Å². The Hall–Kier alpha value is -1.31. The molecule has 0 aromatic heterocycles. The molecule has 1 aromatic rings. The van der Waals surface area contributed by atoms with Gasteiger partial charge in [-0.25, -0.2) is 0 Å². The molecule has 1 rings (SSSR count). The maximum atomic E-state index is 12.0. The minimum Gasteiger partial charge on any atom is -0.406 e. The van der Waals surface area contributed by atoms with E-state index in [1.165, 1.54) is 12.1 Å². The van der Waals surface area contributed by atoms with Crippen LogP contribution in [0, 0.1) is 0 Å². The van der Waals surface area contributed by atoms with Crippen molar-refractivity contribution in [2.24, 2.45) is 0 Å². The largest absolute Gasteiger partial charge is 0.573 e. The van der Waals surface area contributed by atoms with Crippen molar-refractivity contribution in [3.63, 3.8) is 0 Å². The predicted octanol–water partition coefficient (Wildman–Crippen LogP) is 2.30. The number of ether oxygens (including phenoxy) is 2. The standard InChI is InChI=1S/C14H21F3N2O2/c1-11(9-18-7-8-20-2)19-10-12-3-5-13(6-4-12)21-14(15,16)17/h3-6,11,18-19H,7-10H2,1-2H3. The Morgan fingerprint density at radius 3 is 2.43 bits per heavy atom. The fourth-order valence-electron chi connectivity index (χ4n) is 1.67. The lowest BCUT2D eigenvalue weighted by molar-refractivity contribution is -0.274. The first kappa shape index (κ1) is 17.7. The number of methoxy groups -OCH3 is 1. The van der Waals surface area contributed by atoms with Gasteiger partial charge >= 0.3 is 6.36 Å². The summed E-state index contributed by atoms with van der Waals surface area (Å²) in [4.78, 5) is 0. The first-order chi connectivity index (χ1) is 9.90. The Bertz CT molecular complexity index is 396. The van der Waals surface area contributed by atoms with Crippen LogP contribution in [0.15, 0.2) is 24.3 Å². The van der Waals surface area contributed by atoms with Crippen LogP contribution in [0.5, 0.6) is 5.75 Å². The van der Waals surface area contributed by atoms with Gasteiger partial charge in [0.25, 0.3) is 0 Å². The van der Waals surface area contributed by atoms with Gasteiger partial charge in [-0.1, -0.05) is 12.1 Å². The van der Waals surface area contributed by atoms with E-state index >= 15 is 0 Å². The molecule has 0 heterocycles. The molecule has 0 radical (unpaired) electrons. The Kier molecular flexibility index (Phi) is 7.49. The van der Waals surface area contributed by atoms with Crippen molar-refractivity contribution in [2.45, 2.75) is 25.9 Å². The molecule has 2 N–H and O–H groups in total. The van der Waals surface area contributed by atoms with E-state index in [4.69, 9.17) is 4.74 Å². The monoisotopic (exact) mass is 306 g/mol. The van der Waals surface area contributed by atoms with Crippen LogP contribution in [0.3, 0.4) is 0 Å². The Morgan fingerprint density at radius 1 is 1.19 bits per heavy atom. The topological polar surface area (TPSA) is 42.5 Å². The van der Waals surface area contributed by atoms with E-state index in [-0.39, 0.29) is 11.8 Å². The van der Waals surface area contributed by atoms with Gasteiger partial charge < -0.3 is 20.1 Å². The number of benzene rings is 1. The maximum Gasteiger partial charge on any atom is 0.573 e. The molecule has 1 unspecified atom stereocenters. The maximum absolute atomic E-state index is 12.0. The summed E-state index contributed by atoms with van der Waals surface area (Å²) < 4.78 is 44.8. The summed E-state index contributed by atoms with van der Waals surface area (Å²) in [5.41, 5.74) is 0.897. The summed E-state index contributed by atoms with van der Waals surface area (Å²) in [6, 6.07) is 6.09. The van der Waals surface area contributed by atoms with Gasteiger partial charge in [-0.3, -0.25) is 0 Å². The summed E-state index contributed by atoms with van der Waals surface area (Å²) in [7, 11) is 1.65. The van der Waals surface area contributed by atoms with Gasteiger partial charge in [0.2, 0.25) is 0 Å². The second kappa shape index (κ2) is 8.86. The van der Waals surface area contributed by atoms with Gasteiger partial charge in [0, 0.05) is 32.8 Å². The number of hydrogen-bond donors (Lipinski definition) is 2. The van der Waals surface area contributed by atoms with Crippen molar-refractivity contribution in [1.29, 1.82) is 0 Å². The molecule has 0 aliphatic carbocycles. The van der Waals surface area contributed by atoms with Crippen LogP contribution in [0.2, 0.25) is 0 Å². The summed E-state index contributed by atoms with van der Waals surface area (Å²) in [6.45, 7) is 4.85. The van der Waals surface area contributed by atoms with Crippen LogP contribution in [0.4, 0.5) is 13.2 Å². The molecular formula is C14H21F3N2O2. The lowest BCUT2D eigenvalue weighted by Gasteiger charge is -2.15. The van der Waals surface area contributed by atoms with E-state index in [1.807, 2.05) is 6.92 Å². The van der Waals surface area contributed by atoms with Crippen LogP contribution >= 0.6 is 0 Å². The van der Waals surface area contributed by atoms with Crippen molar-refractivity contribution in [3.05, 3.63) is 29.8 Å². The molecule has 0 aliphatic heterocycles. The Balaban J connectivity index is 2.29. The molecule has 0 spiro atoms. The van der Waals surface area contributed by atoms with Crippen LogP contribution < -0.4 is 15.4 Å². The molecule has 0 saturated carbocycles. The third-order valence-corrected chi connectivity index (χ3v) is 2.75. The second-order valence-electron chi connectivity index (χ2n) is 4.67. The van der Waals surface area contributed by atoms with E-state index in [0.29, 0.717) is 13.2 Å². The van der Waals surface area contributed by atoms with Gasteiger partial charge in [0.05, 0.1) is 6.61 Å². The van der Waals surface area contributed by atoms with Gasteiger partial charge in [0.1, 0.15) is 5.75 Å². The zero-order chi connectivity index (χ0) is 15.7. The van der Waals surface area contributed by atoms with Gasteiger partial charge in [-0.05, 0) is 24.6 Å². The molecule has 0 saturated heterocycles. The number of alkyl halides is 3. The number of halogens is 3. The number of nitrogens with one attached hydrogen (secondary N) is 2. The van der Waals surface area contributed by atoms with Crippen molar-refractivity contribution in [2.75, 3.05) is 26.8 Å². The SMILES string of the molecule is COCCNCC(C)NCc1ccc(OC(F)(F)F)cc1. The lowest BCUT2D eigenvalue weighted by Crippen LogP contribution is -2.37. The first-order valence-corrected chi connectivity index (χ1v) is 6.68. The minimum absolute atomic E-state index is 0.208. The average molecular weight is 306 g/mol. The Labute approximate surface area is 122 Å². The molecule has 120 valence electrons. The summed E-state index contributed by atoms with van der Waals surface area (Å²) in [5, 5.41) is 6.50. The number of hydrogen-bond acceptors (Lipinski definition) is 4. The van der Waals surface area contributed by atoms with Crippen molar-refractivity contribution >= 4 is 0 Å². The van der Waals surface area contributed by atoms with Gasteiger partial charge in [0.15, 0.2) is 0 Å². The summed E-state index contributed by atoms with van der Waals surface area (Å²) in [5.74, 6) is -0.208. The third kappa shape index (κ3) is 8.54. The van der Waals surface area contributed by atoms with E-state index < -0.39 is 6.36 Å². The third-order valence-electron chi connectivity index (χ3n) is 2.75. The second-order valence-corrected chi connectivity index (χ2v) is 4.67. The molecule has 0 fully saturated rings. The van der Waals surface area contributed by atoms with Crippen LogP contribution in [0.25, 0.3) is 0 Å². The predicted molar refractivity (Wildman–Crippen MR) is 74.2 cm³/mol. The summed E-state index contributed by atoms with van der Waals surface area (Å²) in [6.07, 6.45) is -4.65. The van der Waals surface area contributed by atoms with Crippen molar-refractivity contribution in [1.82, 2.24) is 10.6 Å². The average Bonchev–Trinajstić information content (AvgIpc) is 2.41. The molecule has 4 nitrogen and oxygen atoms in total. The highest BCUT2D eigenvalue weighted by molar-refractivity contribution is 5.27. The fraction of sp³-hybridized carbons (Fsp3) is 0.571. The highest BCUT2D eigenvalue weighted by atomic mass is 19.4. The number of rotatable bonds is 9. The van der Waals surface area contributed by atoms with Crippen LogP contribution in [0.1, 0.15) is 12.5 Å². The van der Waals surface area contributed by atoms with Gasteiger partial charge in [-0.15, -0.1) is 13.2 Å². The zero-order valence-corrected chi connectivity index (χ0v) is 12.2.